The molecule has 4 nitrogen and oxygen atoms in total. The van der Waals surface area contributed by atoms with E-state index in [0.29, 0.717) is 12.0 Å². The Hall–Kier alpha value is -0.710. The van der Waals surface area contributed by atoms with Crippen LogP contribution in [0.4, 0.5) is 0 Å². The Labute approximate surface area is 120 Å². The standard InChI is InChI=1S/C14H25N3OS/c1-3-17(4-2)12(18)9-15-13-16-10-14(11-19-13)7-5-6-8-14/h3-11H2,1-2H3,(H,15,16). The minimum Gasteiger partial charge on any atom is -0.356 e. The number of thioether (sulfide) groups is 1. The Morgan fingerprint density at radius 2 is 2.05 bits per heavy atom. The van der Waals surface area contributed by atoms with Crippen LogP contribution in [0.15, 0.2) is 4.99 Å². The van der Waals surface area contributed by atoms with Gasteiger partial charge in [-0.15, -0.1) is 0 Å². The van der Waals surface area contributed by atoms with Gasteiger partial charge in [0.15, 0.2) is 5.17 Å². The number of aliphatic imine (C=N–C) groups is 1. The summed E-state index contributed by atoms with van der Waals surface area (Å²) in [6.45, 7) is 6.90. The number of rotatable bonds is 4. The molecule has 0 saturated heterocycles. The zero-order valence-electron chi connectivity index (χ0n) is 12.1. The van der Waals surface area contributed by atoms with Gasteiger partial charge in [-0.1, -0.05) is 24.6 Å². The number of hydrogen-bond donors (Lipinski definition) is 1. The van der Waals surface area contributed by atoms with Gasteiger partial charge in [0.1, 0.15) is 0 Å². The molecule has 1 amide bonds. The van der Waals surface area contributed by atoms with Gasteiger partial charge < -0.3 is 10.2 Å². The molecule has 1 heterocycles. The van der Waals surface area contributed by atoms with Crippen molar-refractivity contribution in [1.29, 1.82) is 0 Å². The normalized spacial score (nSPS) is 21.3. The first-order valence-electron chi connectivity index (χ1n) is 7.38. The second-order valence-corrected chi connectivity index (χ2v) is 6.50. The van der Waals surface area contributed by atoms with Crippen molar-refractivity contribution in [2.45, 2.75) is 39.5 Å². The minimum absolute atomic E-state index is 0.162. The van der Waals surface area contributed by atoms with Gasteiger partial charge in [-0.05, 0) is 32.1 Å². The fourth-order valence-electron chi connectivity index (χ4n) is 2.93. The highest BCUT2D eigenvalue weighted by atomic mass is 32.2. The van der Waals surface area contributed by atoms with E-state index < -0.39 is 0 Å². The predicted octanol–water partition coefficient (Wildman–Crippen LogP) is 2.11. The van der Waals surface area contributed by atoms with Crippen molar-refractivity contribution in [3.05, 3.63) is 0 Å². The average molecular weight is 283 g/mol. The van der Waals surface area contributed by atoms with Crippen molar-refractivity contribution in [1.82, 2.24) is 10.2 Å². The summed E-state index contributed by atoms with van der Waals surface area (Å²) >= 11 is 1.80. The maximum atomic E-state index is 11.9. The first-order chi connectivity index (χ1) is 9.19. The fraction of sp³-hybridized carbons (Fsp3) is 0.857. The molecule has 0 aromatic heterocycles. The van der Waals surface area contributed by atoms with Crippen LogP contribution >= 0.6 is 11.8 Å². The second kappa shape index (κ2) is 6.64. The lowest BCUT2D eigenvalue weighted by Crippen LogP contribution is -2.41. The van der Waals surface area contributed by atoms with Crippen molar-refractivity contribution in [2.24, 2.45) is 10.4 Å². The Kier molecular flexibility index (Phi) is 5.13. The zero-order chi connectivity index (χ0) is 13.7. The molecule has 1 saturated carbocycles. The molecule has 0 bridgehead atoms. The molecule has 2 aliphatic rings. The monoisotopic (exact) mass is 283 g/mol. The van der Waals surface area contributed by atoms with Crippen LogP contribution in [0.5, 0.6) is 0 Å². The van der Waals surface area contributed by atoms with Crippen LogP contribution in [0.1, 0.15) is 39.5 Å². The number of nitrogens with zero attached hydrogens (tertiary/aromatic N) is 2. The van der Waals surface area contributed by atoms with Crippen molar-refractivity contribution < 1.29 is 4.79 Å². The molecule has 2 rings (SSSR count). The van der Waals surface area contributed by atoms with Gasteiger partial charge in [0.2, 0.25) is 5.91 Å². The molecule has 1 aliphatic carbocycles. The van der Waals surface area contributed by atoms with Gasteiger partial charge in [-0.25, -0.2) is 0 Å². The summed E-state index contributed by atoms with van der Waals surface area (Å²) < 4.78 is 0. The highest BCUT2D eigenvalue weighted by Gasteiger charge is 2.36. The Bertz CT molecular complexity index is 347. The molecule has 0 unspecified atom stereocenters. The van der Waals surface area contributed by atoms with Crippen LogP contribution in [0.3, 0.4) is 0 Å². The number of likely N-dealkylation sites (N-methyl/N-ethyl adjacent to an activating group) is 1. The summed E-state index contributed by atoms with van der Waals surface area (Å²) in [4.78, 5) is 18.4. The van der Waals surface area contributed by atoms with Gasteiger partial charge in [-0.2, -0.15) is 0 Å². The van der Waals surface area contributed by atoms with Crippen LogP contribution in [-0.4, -0.2) is 47.9 Å². The fourth-order valence-corrected chi connectivity index (χ4v) is 4.08. The summed E-state index contributed by atoms with van der Waals surface area (Å²) in [5, 5.41) is 4.16. The molecular formula is C14H25N3OS. The van der Waals surface area contributed by atoms with Crippen molar-refractivity contribution >= 4 is 22.8 Å². The third-order valence-electron chi connectivity index (χ3n) is 4.24. The lowest BCUT2D eigenvalue weighted by atomic mass is 9.89. The molecule has 108 valence electrons. The van der Waals surface area contributed by atoms with Crippen molar-refractivity contribution in [2.75, 3.05) is 31.9 Å². The van der Waals surface area contributed by atoms with Crippen molar-refractivity contribution in [3.8, 4) is 0 Å². The first-order valence-corrected chi connectivity index (χ1v) is 8.36. The molecule has 0 aromatic rings. The molecule has 19 heavy (non-hydrogen) atoms. The molecular weight excluding hydrogens is 258 g/mol. The molecule has 1 fully saturated rings. The quantitative estimate of drug-likeness (QED) is 0.859. The third kappa shape index (κ3) is 3.65. The summed E-state index contributed by atoms with van der Waals surface area (Å²) in [6, 6.07) is 0. The summed E-state index contributed by atoms with van der Waals surface area (Å²) in [5.74, 6) is 1.33. The lowest BCUT2D eigenvalue weighted by Gasteiger charge is -2.31. The first kappa shape index (κ1) is 14.7. The molecule has 0 radical (unpaired) electrons. The van der Waals surface area contributed by atoms with Gasteiger partial charge >= 0.3 is 0 Å². The van der Waals surface area contributed by atoms with Crippen LogP contribution < -0.4 is 5.32 Å². The van der Waals surface area contributed by atoms with Gasteiger partial charge in [0, 0.05) is 25.4 Å². The topological polar surface area (TPSA) is 44.7 Å². The number of nitrogens with one attached hydrogen (secondary N) is 1. The minimum atomic E-state index is 0.162. The smallest absolute Gasteiger partial charge is 0.241 e. The van der Waals surface area contributed by atoms with E-state index in [1.54, 1.807) is 11.8 Å². The Morgan fingerprint density at radius 1 is 1.37 bits per heavy atom. The van der Waals surface area contributed by atoms with Crippen LogP contribution in [-0.2, 0) is 4.79 Å². The Balaban J connectivity index is 1.78. The van der Waals surface area contributed by atoms with E-state index in [-0.39, 0.29) is 5.91 Å². The van der Waals surface area contributed by atoms with E-state index in [9.17, 15) is 4.79 Å². The van der Waals surface area contributed by atoms with Gasteiger partial charge in [0.25, 0.3) is 0 Å². The van der Waals surface area contributed by atoms with E-state index in [4.69, 9.17) is 0 Å². The van der Waals surface area contributed by atoms with Crippen molar-refractivity contribution in [3.63, 3.8) is 0 Å². The highest BCUT2D eigenvalue weighted by molar-refractivity contribution is 8.13. The maximum absolute atomic E-state index is 11.9. The average Bonchev–Trinajstić information content (AvgIpc) is 2.88. The number of amides is 1. The van der Waals surface area contributed by atoms with Gasteiger partial charge in [0.05, 0.1) is 6.54 Å². The molecule has 1 N–H and O–H groups in total. The molecule has 0 aromatic carbocycles. The SMILES string of the molecule is CCN(CC)C(=O)CNC1=NCC2(CCCC2)CS1. The van der Waals surface area contributed by atoms with Crippen LogP contribution in [0.25, 0.3) is 0 Å². The maximum Gasteiger partial charge on any atom is 0.241 e. The van der Waals surface area contributed by atoms with E-state index in [0.717, 1.165) is 30.6 Å². The van der Waals surface area contributed by atoms with E-state index in [1.807, 2.05) is 18.7 Å². The summed E-state index contributed by atoms with van der Waals surface area (Å²) in [7, 11) is 0. The van der Waals surface area contributed by atoms with Crippen LogP contribution in [0.2, 0.25) is 0 Å². The number of amidine groups is 1. The highest BCUT2D eigenvalue weighted by Crippen LogP contribution is 2.43. The summed E-state index contributed by atoms with van der Waals surface area (Å²) in [5.41, 5.74) is 0.471. The predicted molar refractivity (Wildman–Crippen MR) is 81.6 cm³/mol. The molecule has 5 heteroatoms. The Morgan fingerprint density at radius 3 is 2.58 bits per heavy atom. The van der Waals surface area contributed by atoms with E-state index in [1.165, 1.54) is 25.7 Å². The van der Waals surface area contributed by atoms with Crippen LogP contribution in [0, 0.1) is 5.41 Å². The largest absolute Gasteiger partial charge is 0.356 e. The lowest BCUT2D eigenvalue weighted by molar-refractivity contribution is -0.129. The van der Waals surface area contributed by atoms with Gasteiger partial charge in [-0.3, -0.25) is 9.79 Å². The zero-order valence-corrected chi connectivity index (χ0v) is 12.9. The molecule has 1 spiro atoms. The third-order valence-corrected chi connectivity index (χ3v) is 5.55. The van der Waals surface area contributed by atoms with E-state index >= 15 is 0 Å². The number of carbonyl (C=O) groups excluding carboxylic acids is 1. The second-order valence-electron chi connectivity index (χ2n) is 5.54. The summed E-state index contributed by atoms with van der Waals surface area (Å²) in [6.07, 6.45) is 5.38. The number of hydrogen-bond acceptors (Lipinski definition) is 4. The van der Waals surface area contributed by atoms with E-state index in [2.05, 4.69) is 10.3 Å². The molecule has 1 aliphatic heterocycles. The molecule has 0 atom stereocenters. The number of carbonyl (C=O) groups is 1.